The van der Waals surface area contributed by atoms with Gasteiger partial charge in [-0.05, 0) is 55.1 Å². The van der Waals surface area contributed by atoms with Gasteiger partial charge in [0.15, 0.2) is 0 Å². The van der Waals surface area contributed by atoms with Crippen molar-refractivity contribution in [2.24, 2.45) is 0 Å². The van der Waals surface area contributed by atoms with E-state index in [0.29, 0.717) is 11.4 Å². The summed E-state index contributed by atoms with van der Waals surface area (Å²) in [5.41, 5.74) is 2.41. The summed E-state index contributed by atoms with van der Waals surface area (Å²) >= 11 is 1.53. The van der Waals surface area contributed by atoms with Crippen LogP contribution in [0.4, 0.5) is 11.4 Å². The summed E-state index contributed by atoms with van der Waals surface area (Å²) in [5, 5.41) is 2.86. The minimum atomic E-state index is -3.81. The van der Waals surface area contributed by atoms with E-state index in [1.165, 1.54) is 35.2 Å². The van der Waals surface area contributed by atoms with E-state index in [9.17, 15) is 13.2 Å². The summed E-state index contributed by atoms with van der Waals surface area (Å²) < 4.78 is 27.5. The van der Waals surface area contributed by atoms with Gasteiger partial charge < -0.3 is 5.32 Å². The average molecular weight is 427 g/mol. The Kier molecular flexibility index (Phi) is 6.30. The molecule has 0 radical (unpaired) electrons. The smallest absolute Gasteiger partial charge is 0.264 e. The van der Waals surface area contributed by atoms with E-state index >= 15 is 0 Å². The maximum atomic E-state index is 13.1. The van der Waals surface area contributed by atoms with Crippen LogP contribution >= 0.6 is 11.8 Å². The van der Waals surface area contributed by atoms with Crippen molar-refractivity contribution in [1.29, 1.82) is 0 Å². The summed E-state index contributed by atoms with van der Waals surface area (Å²) in [6, 6.07) is 20.8. The molecule has 0 atom stereocenters. The first-order chi connectivity index (χ1) is 13.8. The van der Waals surface area contributed by atoms with Crippen molar-refractivity contribution in [3.8, 4) is 0 Å². The van der Waals surface area contributed by atoms with Crippen molar-refractivity contribution in [3.05, 3.63) is 83.9 Å². The molecule has 29 heavy (non-hydrogen) atoms. The molecule has 5 nitrogen and oxygen atoms in total. The number of thioether (sulfide) groups is 1. The second-order valence-electron chi connectivity index (χ2n) is 6.44. The summed E-state index contributed by atoms with van der Waals surface area (Å²) in [6.45, 7) is 1.86. The van der Waals surface area contributed by atoms with Gasteiger partial charge in [-0.25, -0.2) is 8.42 Å². The van der Waals surface area contributed by atoms with Crippen molar-refractivity contribution < 1.29 is 13.2 Å². The summed E-state index contributed by atoms with van der Waals surface area (Å²) in [4.78, 5) is 13.7. The number of amides is 1. The molecule has 3 aromatic carbocycles. The van der Waals surface area contributed by atoms with Crippen LogP contribution in [0.15, 0.2) is 82.6 Å². The standard InChI is InChI=1S/C22H22N2O3S2/c1-16-9-4-6-13-20(16)24(2)29(26,27)18-11-8-10-17(15-18)22(25)23-19-12-5-7-14-21(19)28-3/h4-15H,1-3H3,(H,23,25). The molecule has 0 bridgehead atoms. The van der Waals surface area contributed by atoms with E-state index in [1.807, 2.05) is 49.6 Å². The largest absolute Gasteiger partial charge is 0.321 e. The second kappa shape index (κ2) is 8.71. The molecule has 0 aliphatic heterocycles. The number of hydrogen-bond donors (Lipinski definition) is 1. The first kappa shape index (κ1) is 21.0. The van der Waals surface area contributed by atoms with Crippen LogP contribution in [0.3, 0.4) is 0 Å². The highest BCUT2D eigenvalue weighted by Crippen LogP contribution is 2.27. The van der Waals surface area contributed by atoms with Crippen LogP contribution in [-0.2, 0) is 10.0 Å². The fourth-order valence-corrected chi connectivity index (χ4v) is 4.80. The lowest BCUT2D eigenvalue weighted by Gasteiger charge is -2.21. The van der Waals surface area contributed by atoms with Crippen LogP contribution in [0.5, 0.6) is 0 Å². The van der Waals surface area contributed by atoms with E-state index in [1.54, 1.807) is 24.3 Å². The highest BCUT2D eigenvalue weighted by atomic mass is 32.2. The molecule has 3 rings (SSSR count). The van der Waals surface area contributed by atoms with Crippen LogP contribution in [0, 0.1) is 6.92 Å². The molecule has 0 aliphatic carbocycles. The van der Waals surface area contributed by atoms with Gasteiger partial charge in [-0.3, -0.25) is 9.10 Å². The van der Waals surface area contributed by atoms with Crippen LogP contribution in [-0.4, -0.2) is 27.6 Å². The summed E-state index contributed by atoms with van der Waals surface area (Å²) in [6.07, 6.45) is 1.93. The summed E-state index contributed by atoms with van der Waals surface area (Å²) in [5.74, 6) is -0.359. The molecule has 7 heteroatoms. The number of anilines is 2. The van der Waals surface area contributed by atoms with Gasteiger partial charge in [0.05, 0.1) is 16.3 Å². The Morgan fingerprint density at radius 3 is 2.38 bits per heavy atom. The maximum absolute atomic E-state index is 13.1. The first-order valence-corrected chi connectivity index (χ1v) is 11.6. The van der Waals surface area contributed by atoms with Gasteiger partial charge in [-0.1, -0.05) is 36.4 Å². The molecule has 0 saturated heterocycles. The Morgan fingerprint density at radius 1 is 0.966 bits per heavy atom. The zero-order valence-electron chi connectivity index (χ0n) is 16.4. The highest BCUT2D eigenvalue weighted by molar-refractivity contribution is 7.98. The number of para-hydroxylation sites is 2. The van der Waals surface area contributed by atoms with Gasteiger partial charge in [0.2, 0.25) is 0 Å². The third-order valence-corrected chi connectivity index (χ3v) is 7.13. The number of nitrogens with zero attached hydrogens (tertiary/aromatic N) is 1. The number of rotatable bonds is 6. The molecule has 0 heterocycles. The van der Waals surface area contributed by atoms with Gasteiger partial charge in [0.25, 0.3) is 15.9 Å². The Labute approximate surface area is 175 Å². The van der Waals surface area contributed by atoms with Gasteiger partial charge in [-0.2, -0.15) is 0 Å². The van der Waals surface area contributed by atoms with Crippen molar-refractivity contribution >= 4 is 39.1 Å². The molecule has 0 fully saturated rings. The van der Waals surface area contributed by atoms with E-state index < -0.39 is 10.0 Å². The van der Waals surface area contributed by atoms with Crippen LogP contribution in [0.2, 0.25) is 0 Å². The van der Waals surface area contributed by atoms with Gasteiger partial charge >= 0.3 is 0 Å². The zero-order valence-corrected chi connectivity index (χ0v) is 18.0. The quantitative estimate of drug-likeness (QED) is 0.575. The van der Waals surface area contributed by atoms with E-state index in [-0.39, 0.29) is 16.4 Å². The molecule has 0 aliphatic rings. The Morgan fingerprint density at radius 2 is 1.66 bits per heavy atom. The lowest BCUT2D eigenvalue weighted by atomic mass is 10.2. The van der Waals surface area contributed by atoms with Gasteiger partial charge in [-0.15, -0.1) is 11.8 Å². The molecule has 1 amide bonds. The van der Waals surface area contributed by atoms with Crippen molar-refractivity contribution in [1.82, 2.24) is 0 Å². The molecular formula is C22H22N2O3S2. The Hall–Kier alpha value is -2.77. The third-order valence-electron chi connectivity index (χ3n) is 4.56. The Bertz CT molecular complexity index is 1140. The molecule has 0 saturated carbocycles. The number of sulfonamides is 1. The van der Waals surface area contributed by atoms with Crippen LogP contribution < -0.4 is 9.62 Å². The average Bonchev–Trinajstić information content (AvgIpc) is 2.74. The predicted octanol–water partition coefficient (Wildman–Crippen LogP) is 4.79. The maximum Gasteiger partial charge on any atom is 0.264 e. The molecule has 1 N–H and O–H groups in total. The molecule has 0 spiro atoms. The van der Waals surface area contributed by atoms with Crippen LogP contribution in [0.1, 0.15) is 15.9 Å². The highest BCUT2D eigenvalue weighted by Gasteiger charge is 2.23. The number of carbonyl (C=O) groups is 1. The normalized spacial score (nSPS) is 11.1. The molecule has 3 aromatic rings. The van der Waals surface area contributed by atoms with Gasteiger partial charge in [0.1, 0.15) is 0 Å². The number of nitrogens with one attached hydrogen (secondary N) is 1. The Balaban J connectivity index is 1.90. The molecule has 0 aromatic heterocycles. The van der Waals surface area contributed by atoms with E-state index in [0.717, 1.165) is 10.5 Å². The molecule has 0 unspecified atom stereocenters. The minimum absolute atomic E-state index is 0.0639. The van der Waals surface area contributed by atoms with Crippen molar-refractivity contribution in [2.75, 3.05) is 22.9 Å². The lowest BCUT2D eigenvalue weighted by Crippen LogP contribution is -2.27. The SMILES string of the molecule is CSc1ccccc1NC(=O)c1cccc(S(=O)(=O)N(C)c2ccccc2C)c1. The predicted molar refractivity (Wildman–Crippen MR) is 119 cm³/mol. The van der Waals surface area contributed by atoms with Crippen molar-refractivity contribution in [3.63, 3.8) is 0 Å². The number of hydrogen-bond acceptors (Lipinski definition) is 4. The second-order valence-corrected chi connectivity index (χ2v) is 9.26. The number of aryl methyl sites for hydroxylation is 1. The fourth-order valence-electron chi connectivity index (χ4n) is 2.94. The zero-order chi connectivity index (χ0) is 21.0. The topological polar surface area (TPSA) is 66.5 Å². The van der Waals surface area contributed by atoms with Crippen LogP contribution in [0.25, 0.3) is 0 Å². The van der Waals surface area contributed by atoms with Gasteiger partial charge in [0, 0.05) is 17.5 Å². The summed E-state index contributed by atoms with van der Waals surface area (Å²) in [7, 11) is -2.29. The molecular weight excluding hydrogens is 404 g/mol. The van der Waals surface area contributed by atoms with E-state index in [4.69, 9.17) is 0 Å². The monoisotopic (exact) mass is 426 g/mol. The van der Waals surface area contributed by atoms with Crippen molar-refractivity contribution in [2.45, 2.75) is 16.7 Å². The third kappa shape index (κ3) is 4.46. The van der Waals surface area contributed by atoms with E-state index in [2.05, 4.69) is 5.32 Å². The fraction of sp³-hybridized carbons (Fsp3) is 0.136. The molecule has 150 valence electrons. The minimum Gasteiger partial charge on any atom is -0.321 e. The number of benzene rings is 3. The number of carbonyl (C=O) groups excluding carboxylic acids is 1. The first-order valence-electron chi connectivity index (χ1n) is 8.93. The lowest BCUT2D eigenvalue weighted by molar-refractivity contribution is 0.102.